The minimum absolute atomic E-state index is 0.143. The van der Waals surface area contributed by atoms with E-state index in [0.29, 0.717) is 12.5 Å². The molecule has 0 aromatic carbocycles. The Morgan fingerprint density at radius 2 is 2.42 bits per heavy atom. The maximum absolute atomic E-state index is 12.2. The van der Waals surface area contributed by atoms with E-state index in [2.05, 4.69) is 10.1 Å². The molecule has 3 rings (SSSR count). The molecule has 1 aliphatic heterocycles. The summed E-state index contributed by atoms with van der Waals surface area (Å²) in [5, 5.41) is 7.23. The van der Waals surface area contributed by atoms with Gasteiger partial charge in [0.25, 0.3) is 0 Å². The van der Waals surface area contributed by atoms with Gasteiger partial charge in [0, 0.05) is 43.0 Å². The van der Waals surface area contributed by atoms with Crippen LogP contribution < -0.4 is 0 Å². The standard InChI is InChI=1S/C13H16N4OS/c18-12(10-17-7-2-4-15-17)16-6-1-3-11(9-16)13-14-5-8-19-13/h2,4-5,7-8,11H,1,3,6,9-10H2/t11-/m1/s1. The van der Waals surface area contributed by atoms with Crippen molar-refractivity contribution < 1.29 is 4.79 Å². The second-order valence-electron chi connectivity index (χ2n) is 4.75. The van der Waals surface area contributed by atoms with Crippen LogP contribution in [0.2, 0.25) is 0 Å². The van der Waals surface area contributed by atoms with Gasteiger partial charge < -0.3 is 4.90 Å². The van der Waals surface area contributed by atoms with Crippen LogP contribution in [0.4, 0.5) is 0 Å². The van der Waals surface area contributed by atoms with Crippen LogP contribution in [0, 0.1) is 0 Å². The second kappa shape index (κ2) is 5.52. The summed E-state index contributed by atoms with van der Waals surface area (Å²) in [5.74, 6) is 0.542. The Morgan fingerprint density at radius 3 is 3.16 bits per heavy atom. The minimum atomic E-state index is 0.143. The van der Waals surface area contributed by atoms with Crippen LogP contribution in [0.1, 0.15) is 23.8 Å². The van der Waals surface area contributed by atoms with Crippen LogP contribution in [0.15, 0.2) is 30.0 Å². The molecule has 1 amide bonds. The molecule has 0 bridgehead atoms. The number of amides is 1. The number of carbonyl (C=O) groups is 1. The maximum Gasteiger partial charge on any atom is 0.244 e. The van der Waals surface area contributed by atoms with Gasteiger partial charge in [0.1, 0.15) is 6.54 Å². The lowest BCUT2D eigenvalue weighted by molar-refractivity contribution is -0.133. The van der Waals surface area contributed by atoms with Gasteiger partial charge in [-0.1, -0.05) is 0 Å². The summed E-state index contributed by atoms with van der Waals surface area (Å²) in [7, 11) is 0. The van der Waals surface area contributed by atoms with E-state index in [9.17, 15) is 4.79 Å². The molecule has 0 aliphatic carbocycles. The van der Waals surface area contributed by atoms with Crippen LogP contribution in [-0.4, -0.2) is 38.7 Å². The predicted molar refractivity (Wildman–Crippen MR) is 72.9 cm³/mol. The average Bonchev–Trinajstić information content (AvgIpc) is 3.12. The van der Waals surface area contributed by atoms with Crippen LogP contribution in [0.5, 0.6) is 0 Å². The molecule has 2 aromatic heterocycles. The van der Waals surface area contributed by atoms with E-state index in [4.69, 9.17) is 0 Å². The van der Waals surface area contributed by atoms with E-state index < -0.39 is 0 Å². The molecule has 19 heavy (non-hydrogen) atoms. The van der Waals surface area contributed by atoms with Crippen molar-refractivity contribution in [2.45, 2.75) is 25.3 Å². The Balaban J connectivity index is 1.63. The third kappa shape index (κ3) is 2.84. The predicted octanol–water partition coefficient (Wildman–Crippen LogP) is 1.75. The highest BCUT2D eigenvalue weighted by atomic mass is 32.1. The summed E-state index contributed by atoms with van der Waals surface area (Å²) in [6.07, 6.45) is 7.53. The lowest BCUT2D eigenvalue weighted by atomic mass is 9.99. The smallest absolute Gasteiger partial charge is 0.244 e. The number of thiazole rings is 1. The first kappa shape index (κ1) is 12.3. The third-order valence-electron chi connectivity index (χ3n) is 3.43. The molecule has 0 radical (unpaired) electrons. The van der Waals surface area contributed by atoms with Crippen molar-refractivity contribution in [2.75, 3.05) is 13.1 Å². The van der Waals surface area contributed by atoms with Crippen molar-refractivity contribution in [1.29, 1.82) is 0 Å². The van der Waals surface area contributed by atoms with E-state index in [1.165, 1.54) is 0 Å². The molecule has 0 saturated carbocycles. The fraction of sp³-hybridized carbons (Fsp3) is 0.462. The Kier molecular flexibility index (Phi) is 3.59. The highest BCUT2D eigenvalue weighted by molar-refractivity contribution is 7.09. The monoisotopic (exact) mass is 276 g/mol. The van der Waals surface area contributed by atoms with Crippen LogP contribution >= 0.6 is 11.3 Å². The van der Waals surface area contributed by atoms with Crippen LogP contribution in [0.25, 0.3) is 0 Å². The molecule has 0 unspecified atom stereocenters. The molecular weight excluding hydrogens is 260 g/mol. The Morgan fingerprint density at radius 1 is 1.47 bits per heavy atom. The van der Waals surface area contributed by atoms with Crippen molar-refractivity contribution in [1.82, 2.24) is 19.7 Å². The molecule has 1 fully saturated rings. The van der Waals surface area contributed by atoms with Crippen LogP contribution in [-0.2, 0) is 11.3 Å². The fourth-order valence-electron chi connectivity index (χ4n) is 2.47. The van der Waals surface area contributed by atoms with E-state index in [1.807, 2.05) is 28.7 Å². The molecule has 1 saturated heterocycles. The van der Waals surface area contributed by atoms with E-state index in [0.717, 1.165) is 30.9 Å². The quantitative estimate of drug-likeness (QED) is 0.858. The third-order valence-corrected chi connectivity index (χ3v) is 4.37. The first-order chi connectivity index (χ1) is 9.33. The van der Waals surface area contributed by atoms with Gasteiger partial charge in [0.05, 0.1) is 5.01 Å². The van der Waals surface area contributed by atoms with Gasteiger partial charge in [-0.2, -0.15) is 5.10 Å². The Labute approximate surface area is 115 Å². The van der Waals surface area contributed by atoms with E-state index in [1.54, 1.807) is 22.2 Å². The molecule has 0 N–H and O–H groups in total. The highest BCUT2D eigenvalue weighted by Gasteiger charge is 2.26. The second-order valence-corrected chi connectivity index (χ2v) is 5.68. The van der Waals surface area contributed by atoms with Gasteiger partial charge in [0.15, 0.2) is 0 Å². The SMILES string of the molecule is O=C(Cn1cccn1)N1CCC[C@@H](c2nccs2)C1. The van der Waals surface area contributed by atoms with Gasteiger partial charge in [-0.15, -0.1) is 11.3 Å². The number of rotatable bonds is 3. The van der Waals surface area contributed by atoms with Crippen molar-refractivity contribution in [3.63, 3.8) is 0 Å². The number of aromatic nitrogens is 3. The minimum Gasteiger partial charge on any atom is -0.340 e. The normalized spacial score (nSPS) is 19.6. The van der Waals surface area contributed by atoms with Crippen LogP contribution in [0.3, 0.4) is 0 Å². The summed E-state index contributed by atoms with van der Waals surface area (Å²) < 4.78 is 1.68. The topological polar surface area (TPSA) is 51.0 Å². The largest absolute Gasteiger partial charge is 0.340 e. The lowest BCUT2D eigenvalue weighted by Gasteiger charge is -2.31. The molecule has 0 spiro atoms. The Hall–Kier alpha value is -1.69. The average molecular weight is 276 g/mol. The highest BCUT2D eigenvalue weighted by Crippen LogP contribution is 2.28. The number of nitrogens with zero attached hydrogens (tertiary/aromatic N) is 4. The summed E-state index contributed by atoms with van der Waals surface area (Å²) in [4.78, 5) is 18.5. The molecule has 100 valence electrons. The number of piperidine rings is 1. The van der Waals surface area contributed by atoms with Gasteiger partial charge in [0.2, 0.25) is 5.91 Å². The number of hydrogen-bond donors (Lipinski definition) is 0. The van der Waals surface area contributed by atoms with E-state index >= 15 is 0 Å². The fourth-order valence-corrected chi connectivity index (χ4v) is 3.24. The summed E-state index contributed by atoms with van der Waals surface area (Å²) in [5.41, 5.74) is 0. The zero-order valence-electron chi connectivity index (χ0n) is 10.6. The van der Waals surface area contributed by atoms with Crippen molar-refractivity contribution in [2.24, 2.45) is 0 Å². The van der Waals surface area contributed by atoms with Gasteiger partial charge in [-0.05, 0) is 18.9 Å². The maximum atomic E-state index is 12.2. The van der Waals surface area contributed by atoms with E-state index in [-0.39, 0.29) is 5.91 Å². The molecule has 1 atom stereocenters. The molecule has 3 heterocycles. The van der Waals surface area contributed by atoms with Gasteiger partial charge in [-0.25, -0.2) is 4.98 Å². The van der Waals surface area contributed by atoms with Gasteiger partial charge in [-0.3, -0.25) is 9.48 Å². The van der Waals surface area contributed by atoms with Crippen molar-refractivity contribution in [3.05, 3.63) is 35.0 Å². The molecule has 6 heteroatoms. The lowest BCUT2D eigenvalue weighted by Crippen LogP contribution is -2.40. The molecule has 2 aromatic rings. The Bertz CT molecular complexity index is 523. The zero-order chi connectivity index (χ0) is 13.1. The zero-order valence-corrected chi connectivity index (χ0v) is 11.4. The number of likely N-dealkylation sites (tertiary alicyclic amines) is 1. The number of hydrogen-bond acceptors (Lipinski definition) is 4. The first-order valence-corrected chi connectivity index (χ1v) is 7.35. The summed E-state index contributed by atoms with van der Waals surface area (Å²) in [6, 6.07) is 1.84. The van der Waals surface area contributed by atoms with Crippen molar-refractivity contribution in [3.8, 4) is 0 Å². The molecule has 1 aliphatic rings. The molecular formula is C13H16N4OS. The molecule has 5 nitrogen and oxygen atoms in total. The van der Waals surface area contributed by atoms with Crippen molar-refractivity contribution >= 4 is 17.2 Å². The first-order valence-electron chi connectivity index (χ1n) is 6.47. The van der Waals surface area contributed by atoms with Gasteiger partial charge >= 0.3 is 0 Å². The summed E-state index contributed by atoms with van der Waals surface area (Å²) in [6.45, 7) is 1.97. The number of carbonyl (C=O) groups excluding carboxylic acids is 1. The summed E-state index contributed by atoms with van der Waals surface area (Å²) >= 11 is 1.68.